The van der Waals surface area contributed by atoms with Crippen molar-refractivity contribution in [3.8, 4) is 5.75 Å². The molecule has 0 spiro atoms. The maximum Gasteiger partial charge on any atom is 0.138 e. The SMILES string of the molecule is CCCNC(c1ccccc1)C(C)Oc1ccccc1Cl. The monoisotopic (exact) mass is 303 g/mol. The van der Waals surface area contributed by atoms with Crippen LogP contribution in [-0.4, -0.2) is 12.6 Å². The van der Waals surface area contributed by atoms with Gasteiger partial charge in [0.25, 0.3) is 0 Å². The van der Waals surface area contributed by atoms with Crippen molar-refractivity contribution in [3.63, 3.8) is 0 Å². The number of halogens is 1. The highest BCUT2D eigenvalue weighted by molar-refractivity contribution is 6.32. The Hall–Kier alpha value is -1.51. The molecule has 0 saturated heterocycles. The lowest BCUT2D eigenvalue weighted by Gasteiger charge is -2.27. The molecule has 0 radical (unpaired) electrons. The predicted molar refractivity (Wildman–Crippen MR) is 89.0 cm³/mol. The largest absolute Gasteiger partial charge is 0.487 e. The maximum atomic E-state index is 6.18. The molecule has 0 aliphatic rings. The van der Waals surface area contributed by atoms with Crippen molar-refractivity contribution in [2.75, 3.05) is 6.54 Å². The van der Waals surface area contributed by atoms with Gasteiger partial charge in [0.15, 0.2) is 0 Å². The molecule has 112 valence electrons. The Bertz CT molecular complexity index is 544. The summed E-state index contributed by atoms with van der Waals surface area (Å²) in [5.74, 6) is 0.728. The average Bonchev–Trinajstić information content (AvgIpc) is 2.51. The lowest BCUT2D eigenvalue weighted by atomic mass is 10.0. The van der Waals surface area contributed by atoms with Gasteiger partial charge >= 0.3 is 0 Å². The molecule has 3 heteroatoms. The molecule has 0 aliphatic carbocycles. The van der Waals surface area contributed by atoms with Crippen molar-refractivity contribution in [2.24, 2.45) is 0 Å². The van der Waals surface area contributed by atoms with E-state index in [9.17, 15) is 0 Å². The van der Waals surface area contributed by atoms with E-state index in [4.69, 9.17) is 16.3 Å². The normalized spacial score (nSPS) is 13.7. The van der Waals surface area contributed by atoms with Gasteiger partial charge in [-0.2, -0.15) is 0 Å². The third-order valence-corrected chi connectivity index (χ3v) is 3.70. The molecule has 2 atom stereocenters. The first-order valence-electron chi connectivity index (χ1n) is 7.42. The molecule has 0 saturated carbocycles. The van der Waals surface area contributed by atoms with Gasteiger partial charge in [-0.25, -0.2) is 0 Å². The maximum absolute atomic E-state index is 6.18. The van der Waals surface area contributed by atoms with Gasteiger partial charge in [0, 0.05) is 0 Å². The fourth-order valence-electron chi connectivity index (χ4n) is 2.32. The number of hydrogen-bond donors (Lipinski definition) is 1. The summed E-state index contributed by atoms with van der Waals surface area (Å²) < 4.78 is 6.06. The Kier molecular flexibility index (Phi) is 6.09. The molecule has 2 nitrogen and oxygen atoms in total. The number of rotatable bonds is 7. The summed E-state index contributed by atoms with van der Waals surface area (Å²) in [6, 6.07) is 18.1. The quantitative estimate of drug-likeness (QED) is 0.789. The molecule has 2 aromatic rings. The van der Waals surface area contributed by atoms with E-state index in [1.807, 2.05) is 30.3 Å². The van der Waals surface area contributed by atoms with Crippen molar-refractivity contribution in [2.45, 2.75) is 32.4 Å². The summed E-state index contributed by atoms with van der Waals surface area (Å²) in [6.45, 7) is 5.19. The summed E-state index contributed by atoms with van der Waals surface area (Å²) in [4.78, 5) is 0. The van der Waals surface area contributed by atoms with Crippen LogP contribution < -0.4 is 10.1 Å². The number of para-hydroxylation sites is 1. The van der Waals surface area contributed by atoms with Crippen LogP contribution in [0.15, 0.2) is 54.6 Å². The molecule has 0 heterocycles. The summed E-state index contributed by atoms with van der Waals surface area (Å²) >= 11 is 6.18. The smallest absolute Gasteiger partial charge is 0.138 e. The highest BCUT2D eigenvalue weighted by Crippen LogP contribution is 2.27. The Balaban J connectivity index is 2.14. The topological polar surface area (TPSA) is 21.3 Å². The molecular formula is C18H22ClNO. The van der Waals surface area contributed by atoms with Crippen LogP contribution in [0.2, 0.25) is 5.02 Å². The van der Waals surface area contributed by atoms with E-state index < -0.39 is 0 Å². The second-order valence-corrected chi connectivity index (χ2v) is 5.50. The van der Waals surface area contributed by atoms with Gasteiger partial charge < -0.3 is 10.1 Å². The minimum Gasteiger partial charge on any atom is -0.487 e. The van der Waals surface area contributed by atoms with Crippen LogP contribution in [0.5, 0.6) is 5.75 Å². The van der Waals surface area contributed by atoms with Gasteiger partial charge in [-0.15, -0.1) is 0 Å². The summed E-state index contributed by atoms with van der Waals surface area (Å²) in [5, 5.41) is 4.20. The van der Waals surface area contributed by atoms with Crippen molar-refractivity contribution in [3.05, 3.63) is 65.2 Å². The first-order valence-corrected chi connectivity index (χ1v) is 7.79. The van der Waals surface area contributed by atoms with E-state index in [2.05, 4.69) is 43.4 Å². The van der Waals surface area contributed by atoms with E-state index in [1.165, 1.54) is 5.56 Å². The molecular weight excluding hydrogens is 282 g/mol. The second-order valence-electron chi connectivity index (χ2n) is 5.10. The van der Waals surface area contributed by atoms with Crippen LogP contribution in [0.3, 0.4) is 0 Å². The van der Waals surface area contributed by atoms with Crippen LogP contribution in [0, 0.1) is 0 Å². The van der Waals surface area contributed by atoms with Gasteiger partial charge in [-0.05, 0) is 37.6 Å². The van der Waals surface area contributed by atoms with Gasteiger partial charge in [-0.1, -0.05) is 61.0 Å². The molecule has 0 bridgehead atoms. The molecule has 0 aliphatic heterocycles. The van der Waals surface area contributed by atoms with E-state index >= 15 is 0 Å². The lowest BCUT2D eigenvalue weighted by Crippen LogP contribution is -2.34. The van der Waals surface area contributed by atoms with Crippen LogP contribution in [0.25, 0.3) is 0 Å². The highest BCUT2D eigenvalue weighted by Gasteiger charge is 2.20. The number of benzene rings is 2. The molecule has 0 fully saturated rings. The molecule has 1 N–H and O–H groups in total. The zero-order chi connectivity index (χ0) is 15.1. The van der Waals surface area contributed by atoms with E-state index in [1.54, 1.807) is 0 Å². The minimum atomic E-state index is -0.0150. The second kappa shape index (κ2) is 8.06. The van der Waals surface area contributed by atoms with Gasteiger partial charge in [0.05, 0.1) is 11.1 Å². The number of ether oxygens (including phenoxy) is 1. The van der Waals surface area contributed by atoms with Crippen molar-refractivity contribution < 1.29 is 4.74 Å². The van der Waals surface area contributed by atoms with E-state index in [-0.39, 0.29) is 12.1 Å². The van der Waals surface area contributed by atoms with E-state index in [0.29, 0.717) is 5.02 Å². The van der Waals surface area contributed by atoms with Crippen molar-refractivity contribution >= 4 is 11.6 Å². The zero-order valence-corrected chi connectivity index (χ0v) is 13.3. The standard InChI is InChI=1S/C18H22ClNO/c1-3-13-20-18(15-9-5-4-6-10-15)14(2)21-17-12-8-7-11-16(17)19/h4-12,14,18,20H,3,13H2,1-2H3. The van der Waals surface area contributed by atoms with E-state index in [0.717, 1.165) is 18.7 Å². The Morgan fingerprint density at radius 1 is 1.05 bits per heavy atom. The van der Waals surface area contributed by atoms with Gasteiger partial charge in [0.1, 0.15) is 11.9 Å². The lowest BCUT2D eigenvalue weighted by molar-refractivity contribution is 0.171. The summed E-state index contributed by atoms with van der Waals surface area (Å²) in [5.41, 5.74) is 1.23. The van der Waals surface area contributed by atoms with Crippen molar-refractivity contribution in [1.29, 1.82) is 0 Å². The Morgan fingerprint density at radius 3 is 2.38 bits per heavy atom. The van der Waals surface area contributed by atoms with Crippen LogP contribution in [-0.2, 0) is 0 Å². The highest BCUT2D eigenvalue weighted by atomic mass is 35.5. The van der Waals surface area contributed by atoms with Crippen LogP contribution >= 0.6 is 11.6 Å². The Labute approximate surface area is 132 Å². The molecule has 21 heavy (non-hydrogen) atoms. The van der Waals surface area contributed by atoms with Crippen LogP contribution in [0.4, 0.5) is 0 Å². The molecule has 2 rings (SSSR count). The molecule has 0 amide bonds. The first kappa shape index (κ1) is 15.9. The summed E-state index contributed by atoms with van der Waals surface area (Å²) in [7, 11) is 0. The average molecular weight is 304 g/mol. The fourth-order valence-corrected chi connectivity index (χ4v) is 2.50. The van der Waals surface area contributed by atoms with Crippen LogP contribution in [0.1, 0.15) is 31.9 Å². The van der Waals surface area contributed by atoms with Gasteiger partial charge in [-0.3, -0.25) is 0 Å². The van der Waals surface area contributed by atoms with Gasteiger partial charge in [0.2, 0.25) is 0 Å². The predicted octanol–water partition coefficient (Wildman–Crippen LogP) is 4.85. The third-order valence-electron chi connectivity index (χ3n) is 3.39. The first-order chi connectivity index (χ1) is 10.2. The zero-order valence-electron chi connectivity index (χ0n) is 12.6. The number of nitrogens with one attached hydrogen (secondary N) is 1. The Morgan fingerprint density at radius 2 is 1.71 bits per heavy atom. The fraction of sp³-hybridized carbons (Fsp3) is 0.333. The molecule has 2 unspecified atom stereocenters. The van der Waals surface area contributed by atoms with Crippen molar-refractivity contribution in [1.82, 2.24) is 5.32 Å². The number of hydrogen-bond acceptors (Lipinski definition) is 2. The molecule has 2 aromatic carbocycles. The summed E-state index contributed by atoms with van der Waals surface area (Å²) in [6.07, 6.45) is 1.07. The minimum absolute atomic E-state index is 0.0150. The molecule has 0 aromatic heterocycles. The third kappa shape index (κ3) is 4.48.